The van der Waals surface area contributed by atoms with Crippen molar-refractivity contribution in [3.05, 3.63) is 54.0 Å². The van der Waals surface area contributed by atoms with Gasteiger partial charge < -0.3 is 14.9 Å². The molecule has 1 aromatic heterocycles. The van der Waals surface area contributed by atoms with E-state index in [2.05, 4.69) is 0 Å². The van der Waals surface area contributed by atoms with Gasteiger partial charge in [-0.15, -0.1) is 0 Å². The van der Waals surface area contributed by atoms with Gasteiger partial charge in [-0.3, -0.25) is 0 Å². The van der Waals surface area contributed by atoms with Gasteiger partial charge in [0.25, 0.3) is 0 Å². The molecule has 0 aliphatic rings. The third-order valence-corrected chi connectivity index (χ3v) is 2.46. The molecule has 0 saturated carbocycles. The van der Waals surface area contributed by atoms with Crippen LogP contribution >= 0.6 is 0 Å². The van der Waals surface area contributed by atoms with Crippen LogP contribution in [0.25, 0.3) is 0 Å². The van der Waals surface area contributed by atoms with E-state index < -0.39 is 0 Å². The Hall–Kier alpha value is -1.74. The summed E-state index contributed by atoms with van der Waals surface area (Å²) in [5, 5.41) is 0. The van der Waals surface area contributed by atoms with Crippen molar-refractivity contribution in [2.24, 2.45) is 5.73 Å². The van der Waals surface area contributed by atoms with Gasteiger partial charge in [-0.2, -0.15) is 0 Å². The van der Waals surface area contributed by atoms with Crippen molar-refractivity contribution in [1.29, 1.82) is 0 Å². The maximum Gasteiger partial charge on any atom is 0.124 e. The van der Waals surface area contributed by atoms with E-state index in [0.29, 0.717) is 6.61 Å². The van der Waals surface area contributed by atoms with Gasteiger partial charge in [0.15, 0.2) is 0 Å². The number of nitrogens with two attached hydrogens (primary N) is 1. The fraction of sp³-hybridized carbons (Fsp3) is 0.231. The normalized spacial score (nSPS) is 12.4. The van der Waals surface area contributed by atoms with Crippen molar-refractivity contribution in [3.8, 4) is 5.75 Å². The molecule has 0 bridgehead atoms. The fourth-order valence-corrected chi connectivity index (χ4v) is 1.66. The van der Waals surface area contributed by atoms with Gasteiger partial charge in [-0.1, -0.05) is 18.2 Å². The Balaban J connectivity index is 2.32. The molecule has 3 heteroatoms. The number of hydrogen-bond donors (Lipinski definition) is 1. The summed E-state index contributed by atoms with van der Waals surface area (Å²) in [7, 11) is 0. The van der Waals surface area contributed by atoms with E-state index >= 15 is 0 Å². The number of para-hydroxylation sites is 1. The number of rotatable bonds is 4. The second-order valence-corrected chi connectivity index (χ2v) is 3.51. The fourth-order valence-electron chi connectivity index (χ4n) is 1.66. The van der Waals surface area contributed by atoms with Crippen molar-refractivity contribution in [2.75, 3.05) is 6.61 Å². The molecule has 2 rings (SSSR count). The molecule has 1 heterocycles. The lowest BCUT2D eigenvalue weighted by Gasteiger charge is -2.14. The van der Waals surface area contributed by atoms with Crippen molar-refractivity contribution >= 4 is 0 Å². The Morgan fingerprint density at radius 1 is 1.31 bits per heavy atom. The Morgan fingerprint density at radius 2 is 2.12 bits per heavy atom. The maximum absolute atomic E-state index is 6.15. The summed E-state index contributed by atoms with van der Waals surface area (Å²) in [5.41, 5.74) is 8.08. The quantitative estimate of drug-likeness (QED) is 0.856. The predicted octanol–water partition coefficient (Wildman–Crippen LogP) is 2.73. The van der Waals surface area contributed by atoms with Crippen LogP contribution in [0.1, 0.15) is 24.1 Å². The molecule has 1 atom stereocenters. The predicted molar refractivity (Wildman–Crippen MR) is 62.3 cm³/mol. The summed E-state index contributed by atoms with van der Waals surface area (Å²) in [4.78, 5) is 0. The van der Waals surface area contributed by atoms with Crippen LogP contribution in [0.15, 0.2) is 47.3 Å². The molecular weight excluding hydrogens is 202 g/mol. The number of benzene rings is 1. The molecule has 3 nitrogen and oxygen atoms in total. The lowest BCUT2D eigenvalue weighted by Crippen LogP contribution is -2.12. The van der Waals surface area contributed by atoms with Crippen LogP contribution in [-0.2, 0) is 0 Å². The van der Waals surface area contributed by atoms with Crippen LogP contribution in [0.2, 0.25) is 0 Å². The first kappa shape index (κ1) is 10.8. The van der Waals surface area contributed by atoms with E-state index in [4.69, 9.17) is 14.9 Å². The largest absolute Gasteiger partial charge is 0.494 e. The molecule has 0 aliphatic heterocycles. The van der Waals surface area contributed by atoms with Crippen LogP contribution in [0, 0.1) is 0 Å². The number of furan rings is 1. The van der Waals surface area contributed by atoms with E-state index in [9.17, 15) is 0 Å². The molecule has 0 radical (unpaired) electrons. The molecule has 0 spiro atoms. The summed E-state index contributed by atoms with van der Waals surface area (Å²) in [6, 6.07) is 9.46. The Labute approximate surface area is 94.8 Å². The van der Waals surface area contributed by atoms with Crippen LogP contribution < -0.4 is 10.5 Å². The highest BCUT2D eigenvalue weighted by Crippen LogP contribution is 2.28. The molecule has 2 aromatic rings. The van der Waals surface area contributed by atoms with Gasteiger partial charge in [0.2, 0.25) is 0 Å². The lowest BCUT2D eigenvalue weighted by atomic mass is 10.0. The lowest BCUT2D eigenvalue weighted by molar-refractivity contribution is 0.335. The first-order valence-electron chi connectivity index (χ1n) is 5.32. The second kappa shape index (κ2) is 4.86. The third kappa shape index (κ3) is 2.09. The zero-order valence-corrected chi connectivity index (χ0v) is 9.22. The summed E-state index contributed by atoms with van der Waals surface area (Å²) in [6.45, 7) is 2.59. The smallest absolute Gasteiger partial charge is 0.124 e. The minimum atomic E-state index is -0.207. The van der Waals surface area contributed by atoms with Crippen LogP contribution in [0.3, 0.4) is 0 Å². The van der Waals surface area contributed by atoms with Crippen molar-refractivity contribution in [1.82, 2.24) is 0 Å². The Bertz CT molecular complexity index is 437. The highest BCUT2D eigenvalue weighted by Gasteiger charge is 2.14. The van der Waals surface area contributed by atoms with Gasteiger partial charge in [-0.25, -0.2) is 0 Å². The standard InChI is InChI=1S/C13H15NO2/c1-2-16-12-6-4-3-5-11(12)13(14)10-7-8-15-9-10/h3-9,13H,2,14H2,1H3. The van der Waals surface area contributed by atoms with E-state index in [-0.39, 0.29) is 6.04 Å². The molecule has 0 aliphatic carbocycles. The molecule has 84 valence electrons. The zero-order chi connectivity index (χ0) is 11.4. The summed E-state index contributed by atoms with van der Waals surface area (Å²) in [6.07, 6.45) is 3.28. The molecular formula is C13H15NO2. The van der Waals surface area contributed by atoms with Crippen molar-refractivity contribution < 1.29 is 9.15 Å². The zero-order valence-electron chi connectivity index (χ0n) is 9.22. The molecule has 1 aromatic carbocycles. The highest BCUT2D eigenvalue weighted by molar-refractivity contribution is 5.40. The molecule has 16 heavy (non-hydrogen) atoms. The SMILES string of the molecule is CCOc1ccccc1C(N)c1ccoc1. The molecule has 0 fully saturated rings. The van der Waals surface area contributed by atoms with Gasteiger partial charge in [0.05, 0.1) is 25.2 Å². The molecule has 0 amide bonds. The average molecular weight is 217 g/mol. The first-order valence-corrected chi connectivity index (χ1v) is 5.32. The third-order valence-electron chi connectivity index (χ3n) is 2.46. The van der Waals surface area contributed by atoms with E-state index in [1.54, 1.807) is 12.5 Å². The van der Waals surface area contributed by atoms with Crippen LogP contribution in [0.5, 0.6) is 5.75 Å². The minimum Gasteiger partial charge on any atom is -0.494 e. The molecule has 1 unspecified atom stereocenters. The van der Waals surface area contributed by atoms with Crippen LogP contribution in [0.4, 0.5) is 0 Å². The van der Waals surface area contributed by atoms with E-state index in [1.165, 1.54) is 0 Å². The Kier molecular flexibility index (Phi) is 3.27. The maximum atomic E-state index is 6.15. The monoisotopic (exact) mass is 217 g/mol. The first-order chi connectivity index (χ1) is 7.83. The molecule has 0 saturated heterocycles. The second-order valence-electron chi connectivity index (χ2n) is 3.51. The molecule has 2 N–H and O–H groups in total. The topological polar surface area (TPSA) is 48.4 Å². The van der Waals surface area contributed by atoms with Gasteiger partial charge in [0.1, 0.15) is 5.75 Å². The average Bonchev–Trinajstić information content (AvgIpc) is 2.83. The summed E-state index contributed by atoms with van der Waals surface area (Å²) < 4.78 is 10.6. The van der Waals surface area contributed by atoms with Gasteiger partial charge in [0, 0.05) is 11.1 Å². The van der Waals surface area contributed by atoms with Gasteiger partial charge >= 0.3 is 0 Å². The van der Waals surface area contributed by atoms with Gasteiger partial charge in [-0.05, 0) is 19.1 Å². The van der Waals surface area contributed by atoms with E-state index in [0.717, 1.165) is 16.9 Å². The summed E-state index contributed by atoms with van der Waals surface area (Å²) >= 11 is 0. The number of hydrogen-bond acceptors (Lipinski definition) is 3. The van der Waals surface area contributed by atoms with Crippen molar-refractivity contribution in [3.63, 3.8) is 0 Å². The van der Waals surface area contributed by atoms with Crippen molar-refractivity contribution in [2.45, 2.75) is 13.0 Å². The summed E-state index contributed by atoms with van der Waals surface area (Å²) in [5.74, 6) is 0.832. The Morgan fingerprint density at radius 3 is 2.81 bits per heavy atom. The van der Waals surface area contributed by atoms with E-state index in [1.807, 2.05) is 37.3 Å². The number of ether oxygens (including phenoxy) is 1. The highest BCUT2D eigenvalue weighted by atomic mass is 16.5. The minimum absolute atomic E-state index is 0.207. The van der Waals surface area contributed by atoms with Crippen LogP contribution in [-0.4, -0.2) is 6.61 Å².